The average molecular weight is 402 g/mol. The Kier molecular flexibility index (Phi) is 6.54. The Morgan fingerprint density at radius 3 is 2.59 bits per heavy atom. The first kappa shape index (κ1) is 21.3. The van der Waals surface area contributed by atoms with Crippen LogP contribution in [0.2, 0.25) is 0 Å². The molecular weight excluding hydrogens is 372 g/mol. The maximum absolute atomic E-state index is 13.5. The van der Waals surface area contributed by atoms with Crippen LogP contribution in [-0.2, 0) is 16.0 Å². The monoisotopic (exact) mass is 402 g/mol. The maximum Gasteiger partial charge on any atom is 0.277 e. The second-order valence-electron chi connectivity index (χ2n) is 7.32. The minimum Gasteiger partial charge on any atom is -0.481 e. The molecule has 0 unspecified atom stereocenters. The highest BCUT2D eigenvalue weighted by atomic mass is 16.5. The van der Waals surface area contributed by atoms with Crippen molar-refractivity contribution in [2.75, 3.05) is 39.4 Å². The number of hydrogen-bond donors (Lipinski definition) is 0. The summed E-state index contributed by atoms with van der Waals surface area (Å²) in [6.07, 6.45) is 2.60. The third-order valence-electron chi connectivity index (χ3n) is 5.53. The molecule has 2 aromatic heterocycles. The van der Waals surface area contributed by atoms with Crippen LogP contribution in [0.4, 0.5) is 5.69 Å². The van der Waals surface area contributed by atoms with Gasteiger partial charge in [-0.25, -0.2) is 9.97 Å². The van der Waals surface area contributed by atoms with Gasteiger partial charge in [0.1, 0.15) is 11.5 Å². The van der Waals surface area contributed by atoms with Crippen LogP contribution in [0.15, 0.2) is 17.1 Å². The van der Waals surface area contributed by atoms with Crippen molar-refractivity contribution in [1.82, 2.24) is 14.5 Å². The van der Waals surface area contributed by atoms with Crippen LogP contribution in [0.3, 0.4) is 0 Å². The number of nitrogens with zero attached hydrogens (tertiary/aromatic N) is 4. The highest BCUT2D eigenvalue weighted by molar-refractivity contribution is 5.63. The molecule has 0 spiro atoms. The number of hydrogen-bond acceptors (Lipinski definition) is 7. The summed E-state index contributed by atoms with van der Waals surface area (Å²) in [5.41, 5.74) is 3.04. The number of aromatic nitrogens is 3. The summed E-state index contributed by atoms with van der Waals surface area (Å²) in [6.45, 7) is 7.50. The van der Waals surface area contributed by atoms with Crippen LogP contribution in [0.5, 0.6) is 5.88 Å². The molecule has 1 saturated heterocycles. The fourth-order valence-corrected chi connectivity index (χ4v) is 4.03. The van der Waals surface area contributed by atoms with E-state index >= 15 is 0 Å². The maximum atomic E-state index is 13.5. The lowest BCUT2D eigenvalue weighted by molar-refractivity contribution is 0.111. The largest absolute Gasteiger partial charge is 0.481 e. The molecule has 29 heavy (non-hydrogen) atoms. The fraction of sp³-hybridized carbons (Fsp3) is 0.571. The molecule has 1 aliphatic rings. The van der Waals surface area contributed by atoms with Gasteiger partial charge in [0.25, 0.3) is 5.56 Å². The van der Waals surface area contributed by atoms with Crippen molar-refractivity contribution < 1.29 is 14.2 Å². The van der Waals surface area contributed by atoms with Gasteiger partial charge >= 0.3 is 0 Å². The normalized spacial score (nSPS) is 19.0. The van der Waals surface area contributed by atoms with E-state index in [2.05, 4.69) is 9.88 Å². The fourth-order valence-electron chi connectivity index (χ4n) is 4.03. The van der Waals surface area contributed by atoms with Crippen LogP contribution in [-0.4, -0.2) is 61.2 Å². The van der Waals surface area contributed by atoms with E-state index in [1.807, 2.05) is 26.8 Å². The predicted molar refractivity (Wildman–Crippen MR) is 112 cm³/mol. The van der Waals surface area contributed by atoms with Crippen molar-refractivity contribution in [3.8, 4) is 17.3 Å². The van der Waals surface area contributed by atoms with Crippen molar-refractivity contribution >= 4 is 5.69 Å². The minimum absolute atomic E-state index is 0.0527. The summed E-state index contributed by atoms with van der Waals surface area (Å²) in [5.74, 6) is 1.16. The highest BCUT2D eigenvalue weighted by Gasteiger charge is 2.35. The Hall–Kier alpha value is -2.45. The lowest BCUT2D eigenvalue weighted by Gasteiger charge is -2.27. The van der Waals surface area contributed by atoms with E-state index in [0.29, 0.717) is 42.8 Å². The van der Waals surface area contributed by atoms with Gasteiger partial charge in [-0.2, -0.15) is 0 Å². The molecule has 8 heteroatoms. The molecule has 0 saturated carbocycles. The molecule has 0 N–H and O–H groups in total. The smallest absolute Gasteiger partial charge is 0.277 e. The Labute approximate surface area is 171 Å². The van der Waals surface area contributed by atoms with Crippen LogP contribution in [0, 0.1) is 13.8 Å². The number of ether oxygens (including phenoxy) is 3. The SMILES string of the molecule is CCn1c(-c2cnc(OC)cc2C)nc(C)c(N2C[C@H](OC)C[C@H]2COC)c1=O. The van der Waals surface area contributed by atoms with E-state index in [-0.39, 0.29) is 17.7 Å². The summed E-state index contributed by atoms with van der Waals surface area (Å²) in [4.78, 5) is 24.8. The number of rotatable bonds is 7. The van der Waals surface area contributed by atoms with Crippen molar-refractivity contribution in [1.29, 1.82) is 0 Å². The zero-order chi connectivity index (χ0) is 21.1. The third kappa shape index (κ3) is 4.00. The molecule has 3 heterocycles. The summed E-state index contributed by atoms with van der Waals surface area (Å²) in [7, 11) is 4.96. The zero-order valence-corrected chi connectivity index (χ0v) is 18.1. The number of aryl methyl sites for hydroxylation is 2. The Balaban J connectivity index is 2.12. The third-order valence-corrected chi connectivity index (χ3v) is 5.53. The van der Waals surface area contributed by atoms with Gasteiger partial charge in [-0.1, -0.05) is 0 Å². The Bertz CT molecular complexity index is 928. The van der Waals surface area contributed by atoms with Gasteiger partial charge in [0.05, 0.1) is 31.6 Å². The van der Waals surface area contributed by atoms with Crippen LogP contribution in [0.1, 0.15) is 24.6 Å². The number of methoxy groups -OCH3 is 3. The zero-order valence-electron chi connectivity index (χ0n) is 18.1. The first-order valence-electron chi connectivity index (χ1n) is 9.85. The highest BCUT2D eigenvalue weighted by Crippen LogP contribution is 2.29. The second-order valence-corrected chi connectivity index (χ2v) is 7.32. The number of anilines is 1. The van der Waals surface area contributed by atoms with Gasteiger partial charge in [0.15, 0.2) is 0 Å². The van der Waals surface area contributed by atoms with E-state index in [4.69, 9.17) is 19.2 Å². The lowest BCUT2D eigenvalue weighted by atomic mass is 10.1. The second kappa shape index (κ2) is 8.92. The van der Waals surface area contributed by atoms with Gasteiger partial charge in [0, 0.05) is 45.1 Å². The van der Waals surface area contributed by atoms with E-state index in [1.54, 1.807) is 32.1 Å². The van der Waals surface area contributed by atoms with Crippen LogP contribution < -0.4 is 15.2 Å². The molecule has 8 nitrogen and oxygen atoms in total. The first-order valence-corrected chi connectivity index (χ1v) is 9.85. The summed E-state index contributed by atoms with van der Waals surface area (Å²) in [6, 6.07) is 1.93. The summed E-state index contributed by atoms with van der Waals surface area (Å²) in [5, 5.41) is 0. The molecular formula is C21H30N4O4. The Morgan fingerprint density at radius 2 is 2.00 bits per heavy atom. The topological polar surface area (TPSA) is 78.7 Å². The van der Waals surface area contributed by atoms with Gasteiger partial charge in [-0.05, 0) is 32.8 Å². The molecule has 0 bridgehead atoms. The molecule has 1 aliphatic heterocycles. The van der Waals surface area contributed by atoms with Crippen molar-refractivity contribution in [2.24, 2.45) is 0 Å². The first-order chi connectivity index (χ1) is 13.9. The minimum atomic E-state index is -0.0527. The molecule has 0 aliphatic carbocycles. The summed E-state index contributed by atoms with van der Waals surface area (Å²) < 4.78 is 17.9. The standard InChI is InChI=1S/C21H30N4O4/c1-7-24-20(17-10-22-18(29-6)8-13(17)2)23-14(3)19(21(24)26)25-11-16(28-5)9-15(25)12-27-4/h8,10,15-16H,7,9,11-12H2,1-6H3/t15-,16+/m0/s1. The van der Waals surface area contributed by atoms with Gasteiger partial charge < -0.3 is 19.1 Å². The number of pyridine rings is 1. The molecule has 3 rings (SSSR count). The quantitative estimate of drug-likeness (QED) is 0.702. The van der Waals surface area contributed by atoms with Crippen molar-refractivity contribution in [2.45, 2.75) is 45.9 Å². The average Bonchev–Trinajstić information content (AvgIpc) is 3.10. The van der Waals surface area contributed by atoms with Gasteiger partial charge in [-0.15, -0.1) is 0 Å². The van der Waals surface area contributed by atoms with Crippen molar-refractivity contribution in [3.05, 3.63) is 33.9 Å². The predicted octanol–water partition coefficient (Wildman–Crippen LogP) is 2.19. The van der Waals surface area contributed by atoms with E-state index < -0.39 is 0 Å². The Morgan fingerprint density at radius 1 is 1.24 bits per heavy atom. The van der Waals surface area contributed by atoms with Crippen LogP contribution in [0.25, 0.3) is 11.4 Å². The molecule has 2 aromatic rings. The molecule has 158 valence electrons. The molecule has 1 fully saturated rings. The molecule has 2 atom stereocenters. The van der Waals surface area contributed by atoms with Crippen LogP contribution >= 0.6 is 0 Å². The lowest BCUT2D eigenvalue weighted by Crippen LogP contribution is -2.40. The molecule has 0 amide bonds. The van der Waals surface area contributed by atoms with E-state index in [1.165, 1.54) is 0 Å². The van der Waals surface area contributed by atoms with E-state index in [0.717, 1.165) is 17.5 Å². The molecule has 0 aromatic carbocycles. The molecule has 0 radical (unpaired) electrons. The van der Waals surface area contributed by atoms with Gasteiger partial charge in [0.2, 0.25) is 5.88 Å². The van der Waals surface area contributed by atoms with E-state index in [9.17, 15) is 4.79 Å². The summed E-state index contributed by atoms with van der Waals surface area (Å²) >= 11 is 0. The van der Waals surface area contributed by atoms with Gasteiger partial charge in [-0.3, -0.25) is 9.36 Å². The van der Waals surface area contributed by atoms with Crippen molar-refractivity contribution in [3.63, 3.8) is 0 Å².